The van der Waals surface area contributed by atoms with Crippen LogP contribution in [0.5, 0.6) is 11.5 Å². The minimum absolute atomic E-state index is 0.00228. The molecular weight excluding hydrogens is 305 g/mol. The number of benzene rings is 1. The molecule has 2 aliphatic rings. The smallest absolute Gasteiger partial charge is 0.487 e. The van der Waals surface area contributed by atoms with Crippen molar-refractivity contribution in [3.63, 3.8) is 0 Å². The third-order valence-corrected chi connectivity index (χ3v) is 5.03. The van der Waals surface area contributed by atoms with Crippen LogP contribution in [-0.2, 0) is 6.42 Å². The molecule has 0 aliphatic heterocycles. The van der Waals surface area contributed by atoms with Gasteiger partial charge in [0.2, 0.25) is 0 Å². The van der Waals surface area contributed by atoms with Crippen molar-refractivity contribution >= 4 is 0 Å². The normalized spacial score (nSPS) is 19.7. The van der Waals surface area contributed by atoms with E-state index in [-0.39, 0.29) is 17.6 Å². The zero-order valence-electron chi connectivity index (χ0n) is 13.4. The van der Waals surface area contributed by atoms with E-state index in [1.807, 2.05) is 6.07 Å². The van der Waals surface area contributed by atoms with Crippen LogP contribution < -0.4 is 9.47 Å². The molecule has 2 saturated carbocycles. The highest BCUT2D eigenvalue weighted by molar-refractivity contribution is 5.50. The first kappa shape index (κ1) is 16.5. The molecule has 0 heterocycles. The van der Waals surface area contributed by atoms with Gasteiger partial charge in [-0.15, -0.1) is 13.2 Å². The molecule has 3 rings (SSSR count). The van der Waals surface area contributed by atoms with E-state index in [9.17, 15) is 13.2 Å². The SMILES string of the molecule is Cc1c(CC2CCC2)ccc(OC2CCCC2)c1OC(F)(F)F. The fraction of sp³-hybridized carbons (Fsp3) is 0.667. The Morgan fingerprint density at radius 3 is 2.30 bits per heavy atom. The van der Waals surface area contributed by atoms with E-state index in [4.69, 9.17) is 4.74 Å². The lowest BCUT2D eigenvalue weighted by Crippen LogP contribution is -2.21. The molecule has 0 N–H and O–H groups in total. The van der Waals surface area contributed by atoms with Crippen LogP contribution >= 0.6 is 0 Å². The number of hydrogen-bond acceptors (Lipinski definition) is 2. The molecule has 2 fully saturated rings. The Hall–Kier alpha value is -1.39. The van der Waals surface area contributed by atoms with E-state index in [1.165, 1.54) is 6.42 Å². The van der Waals surface area contributed by atoms with E-state index in [2.05, 4.69) is 4.74 Å². The summed E-state index contributed by atoms with van der Waals surface area (Å²) in [5, 5.41) is 0. The maximum atomic E-state index is 12.8. The number of halogens is 3. The first-order chi connectivity index (χ1) is 10.9. The third-order valence-electron chi connectivity index (χ3n) is 5.03. The predicted molar refractivity (Wildman–Crippen MR) is 81.8 cm³/mol. The highest BCUT2D eigenvalue weighted by atomic mass is 19.4. The molecular formula is C18H23F3O2. The number of ether oxygens (including phenoxy) is 2. The summed E-state index contributed by atoms with van der Waals surface area (Å²) in [6.07, 6.45) is 3.60. The van der Waals surface area contributed by atoms with Gasteiger partial charge >= 0.3 is 6.36 Å². The minimum atomic E-state index is -4.70. The van der Waals surface area contributed by atoms with Crippen LogP contribution in [0.4, 0.5) is 13.2 Å². The van der Waals surface area contributed by atoms with Gasteiger partial charge in [0.25, 0.3) is 0 Å². The van der Waals surface area contributed by atoms with Crippen LogP contribution in [0, 0.1) is 12.8 Å². The largest absolute Gasteiger partial charge is 0.573 e. The van der Waals surface area contributed by atoms with Gasteiger partial charge in [0.15, 0.2) is 11.5 Å². The van der Waals surface area contributed by atoms with Crippen molar-refractivity contribution in [3.8, 4) is 11.5 Å². The highest BCUT2D eigenvalue weighted by Crippen LogP contribution is 2.41. The summed E-state index contributed by atoms with van der Waals surface area (Å²) in [6.45, 7) is 1.70. The van der Waals surface area contributed by atoms with Crippen molar-refractivity contribution in [1.29, 1.82) is 0 Å². The van der Waals surface area contributed by atoms with Gasteiger partial charge in [-0.25, -0.2) is 0 Å². The molecule has 0 atom stereocenters. The van der Waals surface area contributed by atoms with Gasteiger partial charge < -0.3 is 9.47 Å². The van der Waals surface area contributed by atoms with Crippen molar-refractivity contribution in [2.75, 3.05) is 0 Å². The maximum absolute atomic E-state index is 12.8. The molecule has 0 amide bonds. The Kier molecular flexibility index (Phi) is 4.74. The number of hydrogen-bond donors (Lipinski definition) is 0. The zero-order chi connectivity index (χ0) is 16.4. The quantitative estimate of drug-likeness (QED) is 0.705. The van der Waals surface area contributed by atoms with Gasteiger partial charge in [0.1, 0.15) is 0 Å². The summed E-state index contributed by atoms with van der Waals surface area (Å²) < 4.78 is 48.6. The third kappa shape index (κ3) is 4.12. The van der Waals surface area contributed by atoms with E-state index in [1.54, 1.807) is 13.0 Å². The molecule has 2 nitrogen and oxygen atoms in total. The van der Waals surface area contributed by atoms with Crippen LogP contribution in [-0.4, -0.2) is 12.5 Å². The average molecular weight is 328 g/mol. The fourth-order valence-electron chi connectivity index (χ4n) is 3.46. The molecule has 1 aromatic rings. The standard InChI is InChI=1S/C18H23F3O2/c1-12-14(11-13-5-4-6-13)9-10-16(17(12)23-18(19,20)21)22-15-7-2-3-8-15/h9-10,13,15H,2-8,11H2,1H3. The van der Waals surface area contributed by atoms with Gasteiger partial charge in [0, 0.05) is 0 Å². The lowest BCUT2D eigenvalue weighted by molar-refractivity contribution is -0.275. The summed E-state index contributed by atoms with van der Waals surface area (Å²) in [5.41, 5.74) is 1.50. The highest BCUT2D eigenvalue weighted by Gasteiger charge is 2.34. The molecule has 5 heteroatoms. The van der Waals surface area contributed by atoms with Crippen LogP contribution in [0.15, 0.2) is 12.1 Å². The number of rotatable bonds is 5. The predicted octanol–water partition coefficient (Wildman–Crippen LogP) is 5.56. The van der Waals surface area contributed by atoms with E-state index in [0.29, 0.717) is 11.5 Å². The first-order valence-corrected chi connectivity index (χ1v) is 8.47. The van der Waals surface area contributed by atoms with E-state index < -0.39 is 6.36 Å². The second kappa shape index (κ2) is 6.62. The molecule has 128 valence electrons. The molecule has 23 heavy (non-hydrogen) atoms. The van der Waals surface area contributed by atoms with Gasteiger partial charge in [-0.05, 0) is 62.1 Å². The summed E-state index contributed by atoms with van der Waals surface area (Å²) in [6, 6.07) is 3.56. The van der Waals surface area contributed by atoms with Crippen molar-refractivity contribution in [3.05, 3.63) is 23.3 Å². The van der Waals surface area contributed by atoms with E-state index in [0.717, 1.165) is 50.5 Å². The molecule has 0 saturated heterocycles. The van der Waals surface area contributed by atoms with Gasteiger partial charge in [-0.1, -0.05) is 25.3 Å². The maximum Gasteiger partial charge on any atom is 0.573 e. The minimum Gasteiger partial charge on any atom is -0.487 e. The van der Waals surface area contributed by atoms with Crippen molar-refractivity contribution < 1.29 is 22.6 Å². The van der Waals surface area contributed by atoms with Crippen LogP contribution in [0.3, 0.4) is 0 Å². The van der Waals surface area contributed by atoms with Crippen molar-refractivity contribution in [2.24, 2.45) is 5.92 Å². The summed E-state index contributed by atoms with van der Waals surface area (Å²) in [4.78, 5) is 0. The average Bonchev–Trinajstić information content (AvgIpc) is 2.92. The molecule has 2 aliphatic carbocycles. The van der Waals surface area contributed by atoms with E-state index >= 15 is 0 Å². The lowest BCUT2D eigenvalue weighted by atomic mass is 9.80. The summed E-state index contributed by atoms with van der Waals surface area (Å²) >= 11 is 0. The molecule has 0 bridgehead atoms. The second-order valence-electron chi connectivity index (χ2n) is 6.75. The fourth-order valence-corrected chi connectivity index (χ4v) is 3.46. The van der Waals surface area contributed by atoms with Gasteiger partial charge in [0.05, 0.1) is 6.10 Å². The molecule has 0 aromatic heterocycles. The number of alkyl halides is 3. The second-order valence-corrected chi connectivity index (χ2v) is 6.75. The molecule has 0 spiro atoms. The Balaban J connectivity index is 1.85. The van der Waals surface area contributed by atoms with Crippen molar-refractivity contribution in [1.82, 2.24) is 0 Å². The van der Waals surface area contributed by atoms with Gasteiger partial charge in [-0.3, -0.25) is 0 Å². The van der Waals surface area contributed by atoms with Crippen LogP contribution in [0.2, 0.25) is 0 Å². The summed E-state index contributed by atoms with van der Waals surface area (Å²) in [5.74, 6) is 0.666. The Labute approximate surface area is 135 Å². The molecule has 0 unspecified atom stereocenters. The first-order valence-electron chi connectivity index (χ1n) is 8.47. The van der Waals surface area contributed by atoms with Gasteiger partial charge in [-0.2, -0.15) is 0 Å². The molecule has 1 aromatic carbocycles. The summed E-state index contributed by atoms with van der Waals surface area (Å²) in [7, 11) is 0. The Bertz CT molecular complexity index is 544. The Morgan fingerprint density at radius 2 is 1.74 bits per heavy atom. The topological polar surface area (TPSA) is 18.5 Å². The lowest BCUT2D eigenvalue weighted by Gasteiger charge is -2.27. The van der Waals surface area contributed by atoms with Crippen molar-refractivity contribution in [2.45, 2.75) is 70.8 Å². The monoisotopic (exact) mass is 328 g/mol. The van der Waals surface area contributed by atoms with Crippen LogP contribution in [0.25, 0.3) is 0 Å². The Morgan fingerprint density at radius 1 is 1.04 bits per heavy atom. The van der Waals surface area contributed by atoms with Crippen LogP contribution in [0.1, 0.15) is 56.1 Å². The zero-order valence-corrected chi connectivity index (χ0v) is 13.4. The molecule has 0 radical (unpaired) electrons.